The Balaban J connectivity index is 2.81. The minimum Gasteiger partial charge on any atom is -0.490 e. The molecule has 1 rings (SSSR count). The fraction of sp³-hybridized carbons (Fsp3) is 0.500. The topological polar surface area (TPSA) is 35.5 Å². The van der Waals surface area contributed by atoms with E-state index in [1.54, 1.807) is 0 Å². The van der Waals surface area contributed by atoms with Crippen LogP contribution in [0.3, 0.4) is 0 Å². The molecule has 0 aliphatic rings. The molecule has 17 heavy (non-hydrogen) atoms. The molecule has 3 nitrogen and oxygen atoms in total. The van der Waals surface area contributed by atoms with Crippen molar-refractivity contribution in [3.05, 3.63) is 23.8 Å². The Kier molecular flexibility index (Phi) is 6.15. The largest absolute Gasteiger partial charge is 0.490 e. The van der Waals surface area contributed by atoms with Crippen molar-refractivity contribution in [1.29, 1.82) is 0 Å². The molecule has 0 heterocycles. The lowest BCUT2D eigenvalue weighted by molar-refractivity contribution is -0.107. The highest BCUT2D eigenvalue weighted by Crippen LogP contribution is 2.28. The number of hydrogen-bond donors (Lipinski definition) is 0. The lowest BCUT2D eigenvalue weighted by atomic mass is 10.1. The molecule has 0 amide bonds. The van der Waals surface area contributed by atoms with Crippen molar-refractivity contribution in [3.8, 4) is 11.5 Å². The third-order valence-electron chi connectivity index (χ3n) is 2.25. The second-order valence-corrected chi connectivity index (χ2v) is 3.85. The fourth-order valence-electron chi connectivity index (χ4n) is 1.43. The zero-order valence-electron chi connectivity index (χ0n) is 10.6. The minimum atomic E-state index is 0.413. The molecule has 1 aromatic rings. The summed E-state index contributed by atoms with van der Waals surface area (Å²) in [4.78, 5) is 10.5. The van der Waals surface area contributed by atoms with Crippen molar-refractivity contribution in [3.63, 3.8) is 0 Å². The van der Waals surface area contributed by atoms with Crippen LogP contribution in [0.4, 0.5) is 0 Å². The number of carbonyl (C=O) groups excluding carboxylic acids is 1. The van der Waals surface area contributed by atoms with Gasteiger partial charge in [0.1, 0.15) is 6.29 Å². The van der Waals surface area contributed by atoms with Crippen LogP contribution in [0.5, 0.6) is 11.5 Å². The van der Waals surface area contributed by atoms with E-state index in [1.807, 2.05) is 18.2 Å². The number of aldehydes is 1. The van der Waals surface area contributed by atoms with Crippen LogP contribution in [0.2, 0.25) is 0 Å². The number of benzene rings is 1. The third kappa shape index (κ3) is 4.47. The van der Waals surface area contributed by atoms with Crippen molar-refractivity contribution < 1.29 is 14.3 Å². The Morgan fingerprint density at radius 2 is 1.71 bits per heavy atom. The van der Waals surface area contributed by atoms with Crippen molar-refractivity contribution in [2.75, 3.05) is 13.2 Å². The van der Waals surface area contributed by atoms with Gasteiger partial charge in [-0.15, -0.1) is 0 Å². The van der Waals surface area contributed by atoms with Crippen molar-refractivity contribution in [2.24, 2.45) is 0 Å². The molecule has 0 spiro atoms. The van der Waals surface area contributed by atoms with Crippen molar-refractivity contribution in [2.45, 2.75) is 33.1 Å². The summed E-state index contributed by atoms with van der Waals surface area (Å²) in [5.74, 6) is 1.49. The minimum absolute atomic E-state index is 0.413. The molecule has 0 atom stereocenters. The lowest BCUT2D eigenvalue weighted by Gasteiger charge is -2.12. The normalized spacial score (nSPS) is 10.0. The van der Waals surface area contributed by atoms with E-state index in [-0.39, 0.29) is 0 Å². The quantitative estimate of drug-likeness (QED) is 0.651. The van der Waals surface area contributed by atoms with Crippen LogP contribution in [0.25, 0.3) is 0 Å². The van der Waals surface area contributed by atoms with E-state index in [2.05, 4.69) is 13.8 Å². The summed E-state index contributed by atoms with van der Waals surface area (Å²) in [6.07, 6.45) is 3.22. The molecule has 0 radical (unpaired) electrons. The molecule has 0 N–H and O–H groups in total. The number of hydrogen-bond acceptors (Lipinski definition) is 3. The first kappa shape index (κ1) is 13.6. The van der Waals surface area contributed by atoms with E-state index in [1.165, 1.54) is 0 Å². The van der Waals surface area contributed by atoms with Gasteiger partial charge >= 0.3 is 0 Å². The monoisotopic (exact) mass is 236 g/mol. The molecule has 0 fully saturated rings. The zero-order valence-corrected chi connectivity index (χ0v) is 10.6. The zero-order chi connectivity index (χ0) is 12.5. The maximum Gasteiger partial charge on any atom is 0.161 e. The predicted octanol–water partition coefficient (Wildman–Crippen LogP) is 3.01. The van der Waals surface area contributed by atoms with Gasteiger partial charge in [-0.1, -0.05) is 19.9 Å². The molecule has 94 valence electrons. The summed E-state index contributed by atoms with van der Waals surface area (Å²) >= 11 is 0. The van der Waals surface area contributed by atoms with Crippen LogP contribution in [-0.4, -0.2) is 19.5 Å². The Bertz CT molecular complexity index is 347. The highest BCUT2D eigenvalue weighted by atomic mass is 16.5. The number of rotatable bonds is 8. The number of ether oxygens (including phenoxy) is 2. The summed E-state index contributed by atoms with van der Waals surface area (Å²) in [5.41, 5.74) is 0.954. The van der Waals surface area contributed by atoms with E-state index in [9.17, 15) is 4.79 Å². The van der Waals surface area contributed by atoms with Crippen molar-refractivity contribution in [1.82, 2.24) is 0 Å². The molecular weight excluding hydrogens is 216 g/mol. The average molecular weight is 236 g/mol. The molecule has 1 aromatic carbocycles. The van der Waals surface area contributed by atoms with Gasteiger partial charge in [0.05, 0.1) is 13.2 Å². The van der Waals surface area contributed by atoms with Gasteiger partial charge in [0.15, 0.2) is 11.5 Å². The van der Waals surface area contributed by atoms with Crippen LogP contribution in [0.1, 0.15) is 32.3 Å². The second-order valence-electron chi connectivity index (χ2n) is 3.85. The third-order valence-corrected chi connectivity index (χ3v) is 2.25. The standard InChI is InChI=1S/C14H20O3/c1-3-9-16-13-6-5-12(7-8-15)11-14(13)17-10-4-2/h5-6,8,11H,3-4,7,9-10H2,1-2H3. The van der Waals surface area contributed by atoms with Crippen LogP contribution in [-0.2, 0) is 11.2 Å². The first-order valence-electron chi connectivity index (χ1n) is 6.14. The Hall–Kier alpha value is -1.51. The summed E-state index contributed by atoms with van der Waals surface area (Å²) in [6, 6.07) is 5.66. The average Bonchev–Trinajstić information content (AvgIpc) is 2.35. The highest BCUT2D eigenvalue weighted by molar-refractivity contribution is 5.56. The Labute approximate surface area is 103 Å². The molecule has 0 saturated heterocycles. The smallest absolute Gasteiger partial charge is 0.161 e. The lowest BCUT2D eigenvalue weighted by Crippen LogP contribution is -2.02. The summed E-state index contributed by atoms with van der Waals surface area (Å²) in [7, 11) is 0. The SMILES string of the molecule is CCCOc1ccc(CC=O)cc1OCCC. The van der Waals surface area contributed by atoms with Gasteiger partial charge in [-0.25, -0.2) is 0 Å². The van der Waals surface area contributed by atoms with Gasteiger partial charge in [0.2, 0.25) is 0 Å². The second kappa shape index (κ2) is 7.71. The van der Waals surface area contributed by atoms with Crippen LogP contribution < -0.4 is 9.47 Å². The highest BCUT2D eigenvalue weighted by Gasteiger charge is 2.06. The van der Waals surface area contributed by atoms with Gasteiger partial charge in [-0.05, 0) is 30.5 Å². The summed E-state index contributed by atoms with van der Waals surface area (Å²) in [6.45, 7) is 5.46. The molecule has 0 aliphatic heterocycles. The summed E-state index contributed by atoms with van der Waals surface area (Å²) < 4.78 is 11.2. The predicted molar refractivity (Wildman–Crippen MR) is 67.8 cm³/mol. The summed E-state index contributed by atoms with van der Waals surface area (Å²) in [5, 5.41) is 0. The maximum absolute atomic E-state index is 10.5. The van der Waals surface area contributed by atoms with Crippen LogP contribution >= 0.6 is 0 Å². The van der Waals surface area contributed by atoms with Gasteiger partial charge in [-0.3, -0.25) is 0 Å². The molecule has 0 aromatic heterocycles. The molecule has 0 aliphatic carbocycles. The van der Waals surface area contributed by atoms with Gasteiger partial charge in [0, 0.05) is 6.42 Å². The van der Waals surface area contributed by atoms with E-state index < -0.39 is 0 Å². The van der Waals surface area contributed by atoms with Gasteiger partial charge in [-0.2, -0.15) is 0 Å². The first-order chi connectivity index (χ1) is 8.31. The van der Waals surface area contributed by atoms with Crippen LogP contribution in [0, 0.1) is 0 Å². The Morgan fingerprint density at radius 3 is 2.29 bits per heavy atom. The van der Waals surface area contributed by atoms with Crippen molar-refractivity contribution >= 4 is 6.29 Å². The molecule has 0 bridgehead atoms. The van der Waals surface area contributed by atoms with Gasteiger partial charge in [0.25, 0.3) is 0 Å². The van der Waals surface area contributed by atoms with E-state index in [0.717, 1.165) is 36.2 Å². The Morgan fingerprint density at radius 1 is 1.06 bits per heavy atom. The maximum atomic E-state index is 10.5. The molecule has 0 unspecified atom stereocenters. The molecule has 0 saturated carbocycles. The van der Waals surface area contributed by atoms with E-state index in [4.69, 9.17) is 9.47 Å². The first-order valence-corrected chi connectivity index (χ1v) is 6.14. The molecular formula is C14H20O3. The van der Waals surface area contributed by atoms with Gasteiger partial charge < -0.3 is 14.3 Å². The fourth-order valence-corrected chi connectivity index (χ4v) is 1.43. The van der Waals surface area contributed by atoms with E-state index >= 15 is 0 Å². The number of carbonyl (C=O) groups is 1. The molecule has 3 heteroatoms. The van der Waals surface area contributed by atoms with E-state index in [0.29, 0.717) is 19.6 Å². The van der Waals surface area contributed by atoms with Crippen LogP contribution in [0.15, 0.2) is 18.2 Å².